The topological polar surface area (TPSA) is 0 Å². The molecule has 2 aliphatic rings. The lowest BCUT2D eigenvalue weighted by Crippen LogP contribution is -2.15. The molecule has 0 saturated heterocycles. The van der Waals surface area contributed by atoms with E-state index in [4.69, 9.17) is 0 Å². The van der Waals surface area contributed by atoms with Crippen LogP contribution in [-0.2, 0) is 0 Å². The van der Waals surface area contributed by atoms with Crippen LogP contribution in [0.25, 0.3) is 0 Å². The Hall–Kier alpha value is -0.780. The Morgan fingerprint density at radius 2 is 1.50 bits per heavy atom. The van der Waals surface area contributed by atoms with Crippen LogP contribution >= 0.6 is 0 Å². The minimum atomic E-state index is 0.761. The van der Waals surface area contributed by atoms with Crippen LogP contribution in [0.15, 0.2) is 24.3 Å². The SMILES string of the molecule is CC1c2ccccc2C2C(C)C2C1C. The quantitative estimate of drug-likeness (QED) is 0.578. The summed E-state index contributed by atoms with van der Waals surface area (Å²) in [6, 6.07) is 9.07. The summed E-state index contributed by atoms with van der Waals surface area (Å²) in [5.41, 5.74) is 3.27. The molecule has 0 heteroatoms. The molecule has 74 valence electrons. The number of rotatable bonds is 0. The molecule has 1 fully saturated rings. The van der Waals surface area contributed by atoms with E-state index in [1.54, 1.807) is 11.1 Å². The van der Waals surface area contributed by atoms with E-state index in [2.05, 4.69) is 45.0 Å². The van der Waals surface area contributed by atoms with E-state index in [9.17, 15) is 0 Å². The number of hydrogen-bond acceptors (Lipinski definition) is 0. The third-order valence-corrected chi connectivity index (χ3v) is 4.69. The maximum absolute atomic E-state index is 2.43. The highest BCUT2D eigenvalue weighted by Gasteiger charge is 2.55. The zero-order valence-corrected chi connectivity index (χ0v) is 9.20. The highest BCUT2D eigenvalue weighted by Crippen LogP contribution is 2.64. The molecular formula is C14H18. The van der Waals surface area contributed by atoms with Crippen molar-refractivity contribution < 1.29 is 0 Å². The summed E-state index contributed by atoms with van der Waals surface area (Å²) < 4.78 is 0. The van der Waals surface area contributed by atoms with Crippen molar-refractivity contribution >= 4 is 0 Å². The maximum Gasteiger partial charge on any atom is -0.00966 e. The molecule has 0 bridgehead atoms. The minimum absolute atomic E-state index is 0.761. The predicted molar refractivity (Wildman–Crippen MR) is 59.4 cm³/mol. The second kappa shape index (κ2) is 2.62. The molecule has 0 aliphatic heterocycles. The summed E-state index contributed by atoms with van der Waals surface area (Å²) in [4.78, 5) is 0. The third kappa shape index (κ3) is 0.893. The van der Waals surface area contributed by atoms with Crippen molar-refractivity contribution in [3.8, 4) is 0 Å². The van der Waals surface area contributed by atoms with Crippen LogP contribution in [0.3, 0.4) is 0 Å². The molecule has 0 amide bonds. The zero-order chi connectivity index (χ0) is 9.87. The van der Waals surface area contributed by atoms with Crippen LogP contribution in [0.1, 0.15) is 43.7 Å². The molecule has 1 saturated carbocycles. The minimum Gasteiger partial charge on any atom is -0.0620 e. The molecule has 2 aliphatic carbocycles. The van der Waals surface area contributed by atoms with Crippen molar-refractivity contribution in [2.75, 3.05) is 0 Å². The van der Waals surface area contributed by atoms with Crippen LogP contribution in [0.4, 0.5) is 0 Å². The molecule has 0 spiro atoms. The number of benzene rings is 1. The monoisotopic (exact) mass is 186 g/mol. The zero-order valence-electron chi connectivity index (χ0n) is 9.20. The first-order valence-corrected chi connectivity index (χ1v) is 5.80. The Balaban J connectivity index is 2.13. The van der Waals surface area contributed by atoms with Crippen molar-refractivity contribution in [1.82, 2.24) is 0 Å². The largest absolute Gasteiger partial charge is 0.0620 e. The van der Waals surface area contributed by atoms with Gasteiger partial charge in [0.25, 0.3) is 0 Å². The van der Waals surface area contributed by atoms with Gasteiger partial charge in [-0.2, -0.15) is 0 Å². The van der Waals surface area contributed by atoms with Gasteiger partial charge in [-0.25, -0.2) is 0 Å². The number of hydrogen-bond donors (Lipinski definition) is 0. The normalized spacial score (nSPS) is 44.1. The fourth-order valence-electron chi connectivity index (χ4n) is 3.64. The lowest BCUT2D eigenvalue weighted by molar-refractivity contribution is 0.393. The Morgan fingerprint density at radius 1 is 0.857 bits per heavy atom. The predicted octanol–water partition coefficient (Wildman–Crippen LogP) is 3.79. The molecule has 14 heavy (non-hydrogen) atoms. The molecule has 5 unspecified atom stereocenters. The van der Waals surface area contributed by atoms with Gasteiger partial charge in [0, 0.05) is 0 Å². The highest BCUT2D eigenvalue weighted by molar-refractivity contribution is 5.42. The molecule has 0 N–H and O–H groups in total. The first-order valence-electron chi connectivity index (χ1n) is 5.80. The second-order valence-corrected chi connectivity index (χ2v) is 5.24. The molecule has 0 nitrogen and oxygen atoms in total. The number of fused-ring (bicyclic) bond motifs is 3. The van der Waals surface area contributed by atoms with Crippen LogP contribution in [-0.4, -0.2) is 0 Å². The van der Waals surface area contributed by atoms with E-state index in [1.165, 1.54) is 0 Å². The van der Waals surface area contributed by atoms with E-state index >= 15 is 0 Å². The van der Waals surface area contributed by atoms with Gasteiger partial charge in [0.05, 0.1) is 0 Å². The summed E-state index contributed by atoms with van der Waals surface area (Å²) in [6.45, 7) is 7.24. The van der Waals surface area contributed by atoms with Gasteiger partial charge in [0.15, 0.2) is 0 Å². The molecule has 3 rings (SSSR count). The van der Waals surface area contributed by atoms with Crippen molar-refractivity contribution in [3.63, 3.8) is 0 Å². The van der Waals surface area contributed by atoms with Gasteiger partial charge < -0.3 is 0 Å². The Labute approximate surface area is 86.3 Å². The van der Waals surface area contributed by atoms with Crippen molar-refractivity contribution in [1.29, 1.82) is 0 Å². The molecule has 0 aromatic heterocycles. The van der Waals surface area contributed by atoms with Crippen molar-refractivity contribution in [2.45, 2.75) is 32.6 Å². The van der Waals surface area contributed by atoms with Crippen molar-refractivity contribution in [2.24, 2.45) is 17.8 Å². The maximum atomic E-state index is 2.43. The van der Waals surface area contributed by atoms with Gasteiger partial charge >= 0.3 is 0 Å². The van der Waals surface area contributed by atoms with E-state index in [0.717, 1.165) is 29.6 Å². The van der Waals surface area contributed by atoms with Crippen LogP contribution in [0.5, 0.6) is 0 Å². The van der Waals surface area contributed by atoms with E-state index in [0.29, 0.717) is 0 Å². The summed E-state index contributed by atoms with van der Waals surface area (Å²) in [5, 5.41) is 0. The van der Waals surface area contributed by atoms with E-state index < -0.39 is 0 Å². The van der Waals surface area contributed by atoms with Crippen LogP contribution in [0, 0.1) is 17.8 Å². The molecule has 1 aromatic carbocycles. The summed E-state index contributed by atoms with van der Waals surface area (Å²) in [6.07, 6.45) is 0. The van der Waals surface area contributed by atoms with Gasteiger partial charge in [-0.3, -0.25) is 0 Å². The molecule has 0 heterocycles. The smallest absolute Gasteiger partial charge is 0.00966 e. The van der Waals surface area contributed by atoms with E-state index in [1.807, 2.05) is 0 Å². The lowest BCUT2D eigenvalue weighted by atomic mass is 9.77. The standard InChI is InChI=1S/C14H18/c1-8-9(2)13-10(3)14(13)12-7-5-4-6-11(8)12/h4-10,13-14H,1-3H3. The molecule has 1 aromatic rings. The van der Waals surface area contributed by atoms with Gasteiger partial charge in [-0.1, -0.05) is 45.0 Å². The third-order valence-electron chi connectivity index (χ3n) is 4.69. The van der Waals surface area contributed by atoms with Gasteiger partial charge in [-0.15, -0.1) is 0 Å². The molecule has 5 atom stereocenters. The van der Waals surface area contributed by atoms with Gasteiger partial charge in [0.1, 0.15) is 0 Å². The average Bonchev–Trinajstić information content (AvgIpc) is 2.87. The van der Waals surface area contributed by atoms with E-state index in [-0.39, 0.29) is 0 Å². The fraction of sp³-hybridized carbons (Fsp3) is 0.571. The average molecular weight is 186 g/mol. The van der Waals surface area contributed by atoms with Crippen LogP contribution < -0.4 is 0 Å². The van der Waals surface area contributed by atoms with Crippen molar-refractivity contribution in [3.05, 3.63) is 35.4 Å². The summed E-state index contributed by atoms with van der Waals surface area (Å²) in [5.74, 6) is 4.43. The summed E-state index contributed by atoms with van der Waals surface area (Å²) in [7, 11) is 0. The fourth-order valence-corrected chi connectivity index (χ4v) is 3.64. The molecule has 0 radical (unpaired) electrons. The van der Waals surface area contributed by atoms with Gasteiger partial charge in [-0.05, 0) is 40.7 Å². The lowest BCUT2D eigenvalue weighted by Gasteiger charge is -2.27. The Kier molecular flexibility index (Phi) is 1.60. The Bertz CT molecular complexity index is 351. The van der Waals surface area contributed by atoms with Crippen LogP contribution in [0.2, 0.25) is 0 Å². The second-order valence-electron chi connectivity index (χ2n) is 5.24. The highest BCUT2D eigenvalue weighted by atomic mass is 14.6. The van der Waals surface area contributed by atoms with Gasteiger partial charge in [0.2, 0.25) is 0 Å². The first kappa shape index (κ1) is 8.52. The Morgan fingerprint density at radius 3 is 2.21 bits per heavy atom. The molecular weight excluding hydrogens is 168 g/mol. The first-order chi connectivity index (χ1) is 6.72. The summed E-state index contributed by atoms with van der Waals surface area (Å²) >= 11 is 0.